The van der Waals surface area contributed by atoms with Gasteiger partial charge in [-0.15, -0.1) is 0 Å². The highest BCUT2D eigenvalue weighted by Crippen LogP contribution is 2.31. The smallest absolute Gasteiger partial charge is 0.257 e. The Bertz CT molecular complexity index is 881. The largest absolute Gasteiger partial charge is 0.472 e. The van der Waals surface area contributed by atoms with Crippen molar-refractivity contribution in [2.45, 2.75) is 31.7 Å². The fourth-order valence-electron chi connectivity index (χ4n) is 4.54. The van der Waals surface area contributed by atoms with Gasteiger partial charge in [-0.05, 0) is 37.5 Å². The standard InChI is InChI=1S/C23H27N3O4/c27-21-19-8-4-9-20(19)26(23(29)17-6-2-1-3-7-17)13-5-12-25(14-11-24-21)22(28)18-10-15-30-16-18/h1-3,6-7,10,15-16,19-20H,4-5,8-9,11-14H2,(H,24,27)/t19-,20+/m1/s1. The van der Waals surface area contributed by atoms with Gasteiger partial charge in [0, 0.05) is 37.8 Å². The second-order valence-corrected chi connectivity index (χ2v) is 7.92. The molecule has 158 valence electrons. The predicted molar refractivity (Wildman–Crippen MR) is 111 cm³/mol. The highest BCUT2D eigenvalue weighted by molar-refractivity contribution is 5.95. The molecule has 7 nitrogen and oxygen atoms in total. The molecule has 0 unspecified atom stereocenters. The zero-order valence-electron chi connectivity index (χ0n) is 17.0. The second-order valence-electron chi connectivity index (χ2n) is 7.92. The van der Waals surface area contributed by atoms with Gasteiger partial charge in [0.2, 0.25) is 5.91 Å². The summed E-state index contributed by atoms with van der Waals surface area (Å²) >= 11 is 0. The second kappa shape index (κ2) is 9.15. The molecule has 1 aliphatic heterocycles. The first-order valence-corrected chi connectivity index (χ1v) is 10.6. The van der Waals surface area contributed by atoms with E-state index < -0.39 is 0 Å². The van der Waals surface area contributed by atoms with Crippen LogP contribution in [-0.4, -0.2) is 59.7 Å². The quantitative estimate of drug-likeness (QED) is 0.826. The Hall–Kier alpha value is -3.09. The lowest BCUT2D eigenvalue weighted by atomic mass is 9.99. The molecule has 1 saturated carbocycles. The summed E-state index contributed by atoms with van der Waals surface area (Å²) in [4.78, 5) is 42.5. The normalized spacial score (nSPS) is 22.7. The predicted octanol–water partition coefficient (Wildman–Crippen LogP) is 2.55. The van der Waals surface area contributed by atoms with E-state index in [1.54, 1.807) is 11.0 Å². The molecule has 7 heteroatoms. The molecule has 0 bridgehead atoms. The zero-order valence-corrected chi connectivity index (χ0v) is 17.0. The van der Waals surface area contributed by atoms with Crippen molar-refractivity contribution in [2.24, 2.45) is 5.92 Å². The van der Waals surface area contributed by atoms with Crippen molar-refractivity contribution in [1.29, 1.82) is 0 Å². The maximum Gasteiger partial charge on any atom is 0.257 e. The van der Waals surface area contributed by atoms with Gasteiger partial charge in [0.15, 0.2) is 0 Å². The highest BCUT2D eigenvalue weighted by atomic mass is 16.3. The van der Waals surface area contributed by atoms with Gasteiger partial charge in [-0.25, -0.2) is 0 Å². The van der Waals surface area contributed by atoms with Crippen LogP contribution in [0.2, 0.25) is 0 Å². The van der Waals surface area contributed by atoms with Gasteiger partial charge in [-0.3, -0.25) is 14.4 Å². The topological polar surface area (TPSA) is 82.9 Å². The molecule has 1 aromatic heterocycles. The SMILES string of the molecule is O=C1NCCN(C(=O)c2ccoc2)CCCN(C(=O)c2ccccc2)[C@H]2CCC[C@@H]12. The summed E-state index contributed by atoms with van der Waals surface area (Å²) in [5.74, 6) is -0.402. The number of carbonyl (C=O) groups excluding carboxylic acids is 3. The number of rotatable bonds is 2. The van der Waals surface area contributed by atoms with Gasteiger partial charge in [0.05, 0.1) is 17.7 Å². The van der Waals surface area contributed by atoms with E-state index >= 15 is 0 Å². The molecule has 1 saturated heterocycles. The lowest BCUT2D eigenvalue weighted by molar-refractivity contribution is -0.126. The number of nitrogens with zero attached hydrogens (tertiary/aromatic N) is 2. The molecule has 2 heterocycles. The van der Waals surface area contributed by atoms with E-state index in [0.717, 1.165) is 19.3 Å². The van der Waals surface area contributed by atoms with Crippen molar-refractivity contribution in [1.82, 2.24) is 15.1 Å². The van der Waals surface area contributed by atoms with Crippen molar-refractivity contribution >= 4 is 17.7 Å². The first-order valence-electron chi connectivity index (χ1n) is 10.6. The summed E-state index contributed by atoms with van der Waals surface area (Å²) < 4.78 is 5.04. The highest BCUT2D eigenvalue weighted by Gasteiger charge is 2.39. The summed E-state index contributed by atoms with van der Waals surface area (Å²) in [6.07, 6.45) is 6.11. The first kappa shape index (κ1) is 20.2. The van der Waals surface area contributed by atoms with Gasteiger partial charge in [0.1, 0.15) is 6.26 Å². The van der Waals surface area contributed by atoms with Crippen LogP contribution in [0.4, 0.5) is 0 Å². The number of hydrogen-bond donors (Lipinski definition) is 1. The molecule has 1 aromatic carbocycles. The monoisotopic (exact) mass is 409 g/mol. The molecule has 2 aliphatic rings. The Morgan fingerprint density at radius 2 is 1.77 bits per heavy atom. The van der Waals surface area contributed by atoms with Gasteiger partial charge in [0.25, 0.3) is 11.8 Å². The average molecular weight is 409 g/mol. The van der Waals surface area contributed by atoms with Crippen molar-refractivity contribution in [3.05, 3.63) is 60.1 Å². The lowest BCUT2D eigenvalue weighted by Gasteiger charge is -2.33. The minimum absolute atomic E-state index is 0.0269. The molecule has 1 N–H and O–H groups in total. The van der Waals surface area contributed by atoms with Crippen LogP contribution in [0.1, 0.15) is 46.4 Å². The van der Waals surface area contributed by atoms with Crippen molar-refractivity contribution in [2.75, 3.05) is 26.2 Å². The molecule has 4 rings (SSSR count). The number of amides is 3. The van der Waals surface area contributed by atoms with E-state index in [-0.39, 0.29) is 29.7 Å². The molecule has 0 spiro atoms. The maximum atomic E-state index is 13.3. The number of carbonyl (C=O) groups is 3. The van der Waals surface area contributed by atoms with Crippen LogP contribution < -0.4 is 5.32 Å². The van der Waals surface area contributed by atoms with Crippen molar-refractivity contribution in [3.63, 3.8) is 0 Å². The Morgan fingerprint density at radius 3 is 2.53 bits per heavy atom. The molecule has 30 heavy (non-hydrogen) atoms. The minimum Gasteiger partial charge on any atom is -0.472 e. The molecule has 2 atom stereocenters. The van der Waals surface area contributed by atoms with E-state index in [0.29, 0.717) is 43.7 Å². The fraction of sp³-hybridized carbons (Fsp3) is 0.435. The fourth-order valence-corrected chi connectivity index (χ4v) is 4.54. The summed E-state index contributed by atoms with van der Waals surface area (Å²) in [7, 11) is 0. The number of hydrogen-bond acceptors (Lipinski definition) is 4. The van der Waals surface area contributed by atoms with Crippen LogP contribution in [0.15, 0.2) is 53.3 Å². The third-order valence-corrected chi connectivity index (χ3v) is 6.06. The molecule has 2 fully saturated rings. The Labute approximate surface area is 176 Å². The van der Waals surface area contributed by atoms with E-state index in [9.17, 15) is 14.4 Å². The lowest BCUT2D eigenvalue weighted by Crippen LogP contribution is -2.47. The number of benzene rings is 1. The molecule has 0 radical (unpaired) electrons. The van der Waals surface area contributed by atoms with Crippen LogP contribution in [0.5, 0.6) is 0 Å². The van der Waals surface area contributed by atoms with Crippen molar-refractivity contribution < 1.29 is 18.8 Å². The molecular formula is C23H27N3O4. The molecule has 3 amide bonds. The van der Waals surface area contributed by atoms with Gasteiger partial charge in [-0.1, -0.05) is 24.6 Å². The number of nitrogens with one attached hydrogen (secondary N) is 1. The summed E-state index contributed by atoms with van der Waals surface area (Å²) in [5, 5.41) is 2.99. The zero-order chi connectivity index (χ0) is 20.9. The van der Waals surface area contributed by atoms with E-state index in [4.69, 9.17) is 4.42 Å². The third kappa shape index (κ3) is 4.25. The van der Waals surface area contributed by atoms with Gasteiger partial charge in [-0.2, -0.15) is 0 Å². The van der Waals surface area contributed by atoms with Crippen LogP contribution in [0.3, 0.4) is 0 Å². The molecular weight excluding hydrogens is 382 g/mol. The number of fused-ring (bicyclic) bond motifs is 1. The number of furan rings is 1. The summed E-state index contributed by atoms with van der Waals surface area (Å²) in [5.41, 5.74) is 1.12. The molecule has 1 aliphatic carbocycles. The van der Waals surface area contributed by atoms with Crippen LogP contribution in [0.25, 0.3) is 0 Å². The van der Waals surface area contributed by atoms with Crippen LogP contribution in [0, 0.1) is 5.92 Å². The third-order valence-electron chi connectivity index (χ3n) is 6.06. The maximum absolute atomic E-state index is 13.3. The summed E-state index contributed by atoms with van der Waals surface area (Å²) in [6.45, 7) is 1.85. The van der Waals surface area contributed by atoms with Crippen LogP contribution >= 0.6 is 0 Å². The van der Waals surface area contributed by atoms with E-state index in [1.165, 1.54) is 12.5 Å². The Kier molecular flexibility index (Phi) is 6.16. The molecule has 2 aromatic rings. The van der Waals surface area contributed by atoms with Gasteiger partial charge < -0.3 is 19.5 Å². The summed E-state index contributed by atoms with van der Waals surface area (Å²) in [6, 6.07) is 10.7. The Morgan fingerprint density at radius 1 is 0.933 bits per heavy atom. The van der Waals surface area contributed by atoms with Crippen molar-refractivity contribution in [3.8, 4) is 0 Å². The average Bonchev–Trinajstić information content (AvgIpc) is 3.47. The Balaban J connectivity index is 1.56. The van der Waals surface area contributed by atoms with E-state index in [1.807, 2.05) is 35.2 Å². The van der Waals surface area contributed by atoms with E-state index in [2.05, 4.69) is 5.32 Å². The van der Waals surface area contributed by atoms with Gasteiger partial charge >= 0.3 is 0 Å². The van der Waals surface area contributed by atoms with Crippen LogP contribution in [-0.2, 0) is 4.79 Å². The minimum atomic E-state index is -0.200. The first-order chi connectivity index (χ1) is 14.6.